The second-order valence-corrected chi connectivity index (χ2v) is 25.7. The third kappa shape index (κ3) is 41.9. The number of allylic oxidation sites excluding steroid dienone is 7. The summed E-state index contributed by atoms with van der Waals surface area (Å²) in [5.74, 6) is -0.251. The molecule has 12 unspecified atom stereocenters. The van der Waals surface area contributed by atoms with Crippen LogP contribution in [-0.4, -0.2) is 140 Å². The van der Waals surface area contributed by atoms with Crippen LogP contribution < -0.4 is 5.32 Å². The van der Waals surface area contributed by atoms with Gasteiger partial charge >= 0.3 is 0 Å². The number of nitrogens with one attached hydrogen (secondary N) is 1. The maximum Gasteiger partial charge on any atom is 0.220 e. The van der Waals surface area contributed by atoms with Crippen molar-refractivity contribution in [1.82, 2.24) is 5.32 Å². The van der Waals surface area contributed by atoms with Crippen molar-refractivity contribution in [3.05, 3.63) is 48.6 Å². The quantitative estimate of drug-likeness (QED) is 0.0204. The molecule has 87 heavy (non-hydrogen) atoms. The van der Waals surface area contributed by atoms with Gasteiger partial charge in [-0.2, -0.15) is 0 Å². The summed E-state index contributed by atoms with van der Waals surface area (Å²) in [6, 6.07) is -0.937. The first-order chi connectivity index (χ1) is 42.6. The summed E-state index contributed by atoms with van der Waals surface area (Å²) in [5.41, 5.74) is 0. The molecule has 2 aliphatic rings. The maximum absolute atomic E-state index is 13.3. The fourth-order valence-electron chi connectivity index (χ4n) is 11.9. The van der Waals surface area contributed by atoms with Crippen molar-refractivity contribution in [3.63, 3.8) is 0 Å². The van der Waals surface area contributed by atoms with E-state index in [1.165, 1.54) is 238 Å². The maximum atomic E-state index is 13.3. The molecule has 12 atom stereocenters. The van der Waals surface area contributed by atoms with Gasteiger partial charge in [-0.3, -0.25) is 4.79 Å². The van der Waals surface area contributed by atoms with Gasteiger partial charge in [0.2, 0.25) is 5.91 Å². The van der Waals surface area contributed by atoms with Gasteiger partial charge in [0.1, 0.15) is 48.8 Å². The number of amides is 1. The van der Waals surface area contributed by atoms with E-state index in [9.17, 15) is 45.6 Å². The number of ether oxygens (including phenoxy) is 4. The third-order valence-corrected chi connectivity index (χ3v) is 17.7. The Morgan fingerprint density at radius 2 is 0.770 bits per heavy atom. The lowest BCUT2D eigenvalue weighted by Gasteiger charge is -2.46. The number of aliphatic hydroxyl groups excluding tert-OH is 8. The van der Waals surface area contributed by atoms with Crippen molar-refractivity contribution < 1.29 is 64.6 Å². The number of rotatable bonds is 60. The van der Waals surface area contributed by atoms with Crippen LogP contribution in [0.25, 0.3) is 0 Å². The summed E-state index contributed by atoms with van der Waals surface area (Å²) in [6.45, 7) is 2.81. The van der Waals surface area contributed by atoms with Gasteiger partial charge in [-0.1, -0.05) is 294 Å². The first-order valence-corrected chi connectivity index (χ1v) is 36.4. The molecule has 2 fully saturated rings. The van der Waals surface area contributed by atoms with E-state index in [4.69, 9.17) is 18.9 Å². The monoisotopic (exact) mass is 1230 g/mol. The first-order valence-electron chi connectivity index (χ1n) is 36.4. The van der Waals surface area contributed by atoms with Crippen molar-refractivity contribution in [2.75, 3.05) is 19.8 Å². The Morgan fingerprint density at radius 3 is 1.20 bits per heavy atom. The molecule has 0 spiro atoms. The van der Waals surface area contributed by atoms with Crippen LogP contribution >= 0.6 is 0 Å². The molecule has 510 valence electrons. The molecule has 0 aliphatic carbocycles. The van der Waals surface area contributed by atoms with Crippen molar-refractivity contribution in [2.45, 2.75) is 389 Å². The van der Waals surface area contributed by atoms with Crippen LogP contribution in [0.4, 0.5) is 0 Å². The SMILES string of the molecule is CCCCCCC/C=C\C/C=C\CCCCCCCCCCCC(=O)NC(COC1OC(CO)C(OC2OC(CO)C(O)C(O)C2O)C(O)C1O)C(O)/C=C/CC/C=C/CCCCCCCCCCCCCCCCCCCCCCCCCCCC. The summed E-state index contributed by atoms with van der Waals surface area (Å²) in [4.78, 5) is 13.3. The molecule has 2 aliphatic heterocycles. The minimum atomic E-state index is -1.79. The summed E-state index contributed by atoms with van der Waals surface area (Å²) in [5, 5.41) is 87.4. The highest BCUT2D eigenvalue weighted by atomic mass is 16.7. The Hall–Kier alpha value is -2.05. The van der Waals surface area contributed by atoms with Gasteiger partial charge in [-0.15, -0.1) is 0 Å². The molecule has 1 amide bonds. The molecule has 0 saturated carbocycles. The van der Waals surface area contributed by atoms with Gasteiger partial charge < -0.3 is 65.1 Å². The second-order valence-electron chi connectivity index (χ2n) is 25.7. The van der Waals surface area contributed by atoms with E-state index in [0.29, 0.717) is 12.8 Å². The van der Waals surface area contributed by atoms with Crippen molar-refractivity contribution in [3.8, 4) is 0 Å². The zero-order valence-corrected chi connectivity index (χ0v) is 55.5. The Morgan fingerprint density at radius 1 is 0.414 bits per heavy atom. The van der Waals surface area contributed by atoms with E-state index < -0.39 is 86.8 Å². The summed E-state index contributed by atoms with van der Waals surface area (Å²) < 4.78 is 22.8. The highest BCUT2D eigenvalue weighted by Gasteiger charge is 2.51. The van der Waals surface area contributed by atoms with Gasteiger partial charge in [0.15, 0.2) is 12.6 Å². The number of unbranched alkanes of at least 4 members (excludes halogenated alkanes) is 41. The smallest absolute Gasteiger partial charge is 0.220 e. The van der Waals surface area contributed by atoms with E-state index in [0.717, 1.165) is 44.9 Å². The summed E-state index contributed by atoms with van der Waals surface area (Å²) >= 11 is 0. The Kier molecular flexibility index (Phi) is 53.9. The van der Waals surface area contributed by atoms with Crippen LogP contribution in [0.2, 0.25) is 0 Å². The minimum Gasteiger partial charge on any atom is -0.394 e. The van der Waals surface area contributed by atoms with Gasteiger partial charge in [-0.25, -0.2) is 0 Å². The Balaban J connectivity index is 1.67. The molecule has 14 nitrogen and oxygen atoms in total. The average molecular weight is 1230 g/mol. The molecular weight excluding hydrogens is 1100 g/mol. The molecule has 0 aromatic heterocycles. The number of carbonyl (C=O) groups excluding carboxylic acids is 1. The standard InChI is InChI=1S/C73H135NO13/c1-3-5-7-9-11-13-15-17-19-21-23-25-26-27-28-29-30-31-32-33-34-35-37-38-40-42-44-46-48-50-52-54-56-62(77)61(60-84-72-70(83)68(81)71(64(59-76)86-72)87-73-69(82)67(80)66(79)63(58-75)85-73)74-65(78)57-55-53-51-49-47-45-43-41-39-36-24-22-20-18-16-14-12-10-8-6-4-2/h16,18,22,24,46,48,54,56,61-64,66-73,75-77,79-83H,3-15,17,19-21,23,25-45,47,49-53,55,57-60H2,1-2H3,(H,74,78)/b18-16-,24-22-,48-46+,56-54+. The Bertz CT molecular complexity index is 1640. The van der Waals surface area contributed by atoms with Crippen LogP contribution in [-0.2, 0) is 23.7 Å². The van der Waals surface area contributed by atoms with Crippen molar-refractivity contribution in [2.24, 2.45) is 0 Å². The van der Waals surface area contributed by atoms with Crippen LogP contribution in [0.1, 0.15) is 316 Å². The minimum absolute atomic E-state index is 0.251. The lowest BCUT2D eigenvalue weighted by atomic mass is 9.97. The molecule has 14 heteroatoms. The average Bonchev–Trinajstić information content (AvgIpc) is 1.56. The van der Waals surface area contributed by atoms with E-state index in [-0.39, 0.29) is 18.9 Å². The van der Waals surface area contributed by atoms with E-state index in [1.54, 1.807) is 6.08 Å². The van der Waals surface area contributed by atoms with Crippen molar-refractivity contribution >= 4 is 5.91 Å². The number of hydrogen-bond acceptors (Lipinski definition) is 13. The van der Waals surface area contributed by atoms with Crippen LogP contribution in [0.15, 0.2) is 48.6 Å². The van der Waals surface area contributed by atoms with Gasteiger partial charge in [0, 0.05) is 6.42 Å². The zero-order valence-electron chi connectivity index (χ0n) is 55.5. The number of carbonyl (C=O) groups is 1. The van der Waals surface area contributed by atoms with Crippen LogP contribution in [0.3, 0.4) is 0 Å². The summed E-state index contributed by atoms with van der Waals surface area (Å²) in [6.07, 6.45) is 59.0. The molecule has 2 rings (SSSR count). The molecule has 0 bridgehead atoms. The lowest BCUT2D eigenvalue weighted by Crippen LogP contribution is -2.65. The topological polar surface area (TPSA) is 228 Å². The second kappa shape index (κ2) is 57.8. The molecule has 2 heterocycles. The Labute approximate surface area is 531 Å². The fourth-order valence-corrected chi connectivity index (χ4v) is 11.9. The van der Waals surface area contributed by atoms with Crippen LogP contribution in [0.5, 0.6) is 0 Å². The van der Waals surface area contributed by atoms with Crippen LogP contribution in [0, 0.1) is 0 Å². The highest BCUT2D eigenvalue weighted by Crippen LogP contribution is 2.30. The lowest BCUT2D eigenvalue weighted by molar-refractivity contribution is -0.359. The molecule has 2 saturated heterocycles. The van der Waals surface area contributed by atoms with E-state index >= 15 is 0 Å². The molecular formula is C73H135NO13. The largest absolute Gasteiger partial charge is 0.394 e. The molecule has 9 N–H and O–H groups in total. The normalized spacial score (nSPS) is 23.5. The van der Waals surface area contributed by atoms with Gasteiger partial charge in [-0.05, 0) is 64.2 Å². The van der Waals surface area contributed by atoms with E-state index in [2.05, 4.69) is 55.6 Å². The van der Waals surface area contributed by atoms with E-state index in [1.807, 2.05) is 6.08 Å². The third-order valence-electron chi connectivity index (χ3n) is 17.7. The first kappa shape index (κ1) is 81.0. The zero-order chi connectivity index (χ0) is 63.1. The number of hydrogen-bond donors (Lipinski definition) is 9. The highest BCUT2D eigenvalue weighted by molar-refractivity contribution is 5.76. The van der Waals surface area contributed by atoms with Gasteiger partial charge in [0.25, 0.3) is 0 Å². The summed E-state index contributed by atoms with van der Waals surface area (Å²) in [7, 11) is 0. The predicted octanol–water partition coefficient (Wildman–Crippen LogP) is 15.1. The predicted molar refractivity (Wildman–Crippen MR) is 355 cm³/mol. The fraction of sp³-hybridized carbons (Fsp3) is 0.877. The molecule has 0 aromatic rings. The molecule has 0 aromatic carbocycles. The van der Waals surface area contributed by atoms with Gasteiger partial charge in [0.05, 0.1) is 32.0 Å². The number of aliphatic hydroxyl groups is 8. The van der Waals surface area contributed by atoms with Crippen molar-refractivity contribution in [1.29, 1.82) is 0 Å². The molecule has 0 radical (unpaired) electrons.